The van der Waals surface area contributed by atoms with E-state index in [0.29, 0.717) is 11.3 Å². The van der Waals surface area contributed by atoms with Crippen molar-refractivity contribution in [2.75, 3.05) is 14.2 Å². The molecule has 0 atom stereocenters. The summed E-state index contributed by atoms with van der Waals surface area (Å²) in [4.78, 5) is 21.9. The number of phenols is 1. The Morgan fingerprint density at radius 1 is 0.478 bits per heavy atom. The lowest BCUT2D eigenvalue weighted by atomic mass is 9.68. The van der Waals surface area contributed by atoms with E-state index >= 15 is 0 Å². The minimum atomic E-state index is -0.504. The molecular formula is C60H51ClO6. The zero-order valence-corrected chi connectivity index (χ0v) is 38.9. The van der Waals surface area contributed by atoms with Gasteiger partial charge in [0.15, 0.2) is 0 Å². The van der Waals surface area contributed by atoms with Crippen LogP contribution in [0.5, 0.6) is 23.0 Å². The third-order valence-electron chi connectivity index (χ3n) is 12.6. The molecule has 0 amide bonds. The van der Waals surface area contributed by atoms with Gasteiger partial charge in [-0.05, 0) is 134 Å². The normalized spacial score (nSPS) is 12.9. The van der Waals surface area contributed by atoms with Crippen molar-refractivity contribution in [1.82, 2.24) is 0 Å². The molecule has 67 heavy (non-hydrogen) atoms. The molecule has 8 aromatic rings. The highest BCUT2D eigenvalue weighted by molar-refractivity contribution is 6.63. The number of phenolic OH excluding ortho intramolecular Hbond substituents is 1. The number of fused-ring (bicyclic) bond motifs is 6. The van der Waals surface area contributed by atoms with E-state index in [2.05, 4.69) is 128 Å². The second kappa shape index (κ2) is 19.4. The van der Waals surface area contributed by atoms with E-state index in [1.54, 1.807) is 47.1 Å². The molecule has 1 N–H and O–H groups in total. The van der Waals surface area contributed by atoms with Gasteiger partial charge < -0.3 is 19.3 Å². The van der Waals surface area contributed by atoms with Crippen molar-refractivity contribution >= 4 is 22.8 Å². The third kappa shape index (κ3) is 8.41. The minimum Gasteiger partial charge on any atom is -0.508 e. The topological polar surface area (TPSA) is 82.1 Å². The molecule has 334 valence electrons. The van der Waals surface area contributed by atoms with Gasteiger partial charge in [0.25, 0.3) is 0 Å². The van der Waals surface area contributed by atoms with Crippen LogP contribution in [0.15, 0.2) is 206 Å². The van der Waals surface area contributed by atoms with Gasteiger partial charge in [0.05, 0.1) is 25.0 Å². The van der Waals surface area contributed by atoms with Gasteiger partial charge >= 0.3 is 5.97 Å². The van der Waals surface area contributed by atoms with Crippen molar-refractivity contribution in [3.05, 3.63) is 251 Å². The van der Waals surface area contributed by atoms with E-state index in [9.17, 15) is 14.7 Å². The second-order valence-electron chi connectivity index (χ2n) is 16.8. The lowest BCUT2D eigenvalue weighted by molar-refractivity contribution is -0.130. The van der Waals surface area contributed by atoms with Crippen LogP contribution in [0.2, 0.25) is 0 Å². The van der Waals surface area contributed by atoms with E-state index in [4.69, 9.17) is 25.8 Å². The van der Waals surface area contributed by atoms with Gasteiger partial charge in [0.2, 0.25) is 5.24 Å². The molecule has 2 aliphatic carbocycles. The monoisotopic (exact) mass is 902 g/mol. The van der Waals surface area contributed by atoms with Crippen molar-refractivity contribution in [2.45, 2.75) is 31.6 Å². The summed E-state index contributed by atoms with van der Waals surface area (Å²) in [6.07, 6.45) is 0. The quantitative estimate of drug-likeness (QED) is 0.0672. The molecule has 6 nitrogen and oxygen atoms in total. The number of esters is 1. The smallest absolute Gasteiger partial charge is 0.338 e. The fourth-order valence-corrected chi connectivity index (χ4v) is 9.41. The van der Waals surface area contributed by atoms with Gasteiger partial charge in [-0.15, -0.1) is 0 Å². The first-order chi connectivity index (χ1) is 32.4. The molecule has 2 aliphatic rings. The number of carbonyl (C=O) groups is 2. The third-order valence-corrected chi connectivity index (χ3v) is 13.0. The molecule has 0 aliphatic heterocycles. The largest absolute Gasteiger partial charge is 0.508 e. The van der Waals surface area contributed by atoms with Crippen molar-refractivity contribution < 1.29 is 28.9 Å². The minimum absolute atomic E-state index is 0.0216. The Labute approximate surface area is 397 Å². The maximum absolute atomic E-state index is 12.0. The molecule has 0 saturated carbocycles. The molecule has 7 heteroatoms. The molecule has 0 heterocycles. The van der Waals surface area contributed by atoms with Crippen LogP contribution in [-0.4, -0.2) is 30.5 Å². The molecule has 0 bridgehead atoms. The summed E-state index contributed by atoms with van der Waals surface area (Å²) in [5, 5.41) is 9.63. The van der Waals surface area contributed by atoms with Gasteiger partial charge in [0, 0.05) is 11.5 Å². The van der Waals surface area contributed by atoms with Crippen molar-refractivity contribution in [3.8, 4) is 45.3 Å². The van der Waals surface area contributed by atoms with Gasteiger partial charge in [-0.1, -0.05) is 166 Å². The van der Waals surface area contributed by atoms with Crippen molar-refractivity contribution in [1.29, 1.82) is 0 Å². The van der Waals surface area contributed by atoms with Gasteiger partial charge in [0.1, 0.15) is 23.0 Å². The summed E-state index contributed by atoms with van der Waals surface area (Å²) in [6.45, 7) is 8.82. The maximum Gasteiger partial charge on any atom is 0.338 e. The number of halogens is 1. The first kappa shape index (κ1) is 45.9. The Morgan fingerprint density at radius 3 is 1.01 bits per heavy atom. The average Bonchev–Trinajstić information content (AvgIpc) is 3.84. The first-order valence-electron chi connectivity index (χ1n) is 22.1. The second-order valence-corrected chi connectivity index (χ2v) is 17.2. The van der Waals surface area contributed by atoms with E-state index in [1.807, 2.05) is 60.7 Å². The van der Waals surface area contributed by atoms with Crippen LogP contribution in [0.3, 0.4) is 0 Å². The molecule has 0 aromatic heterocycles. The fraction of sp³-hybridized carbons (Fsp3) is 0.133. The number of benzene rings is 8. The van der Waals surface area contributed by atoms with Crippen molar-refractivity contribution in [2.24, 2.45) is 5.92 Å². The Bertz CT molecular complexity index is 2970. The van der Waals surface area contributed by atoms with E-state index in [-0.39, 0.29) is 16.9 Å². The standard InChI is InChI=1S/C30H24O3.C26H20O2.C4H7ClO/c1-20(2)29(31)33-24-18-14-22(15-19-24)30(21-12-16-23(32-3)17-13-21)27-10-6-4-8-25(27)26-9-5-7-11-28(26)30;1-28-21-16-12-19(13-17-21)26(18-10-14-20(27)15-11-18)24-8-4-2-6-22(24)23-7-3-5-9-25(23)26;1-3(2)4(5)6/h4-19H,1H2,2-3H3;2-17,27H,1H3;3H,1-2H3. The predicted octanol–water partition coefficient (Wildman–Crippen LogP) is 13.7. The maximum atomic E-state index is 12.0. The molecular weight excluding hydrogens is 852 g/mol. The zero-order valence-electron chi connectivity index (χ0n) is 38.1. The number of ether oxygens (including phenoxy) is 3. The van der Waals surface area contributed by atoms with Crippen LogP contribution in [0.25, 0.3) is 22.3 Å². The number of aromatic hydroxyl groups is 1. The summed E-state index contributed by atoms with van der Waals surface area (Å²) in [5.41, 5.74) is 13.9. The first-order valence-corrected chi connectivity index (χ1v) is 22.5. The predicted molar refractivity (Wildman–Crippen MR) is 268 cm³/mol. The van der Waals surface area contributed by atoms with Crippen LogP contribution in [0.1, 0.15) is 65.3 Å². The SMILES string of the molecule is C=C(C)C(=O)Oc1ccc(C2(c3ccc(OC)cc3)c3ccccc3-c3ccccc32)cc1.CC(C)C(=O)Cl.COc1ccc(C2(c3ccc(O)cc3)c3ccccc3-c3ccccc32)cc1. The summed E-state index contributed by atoms with van der Waals surface area (Å²) >= 11 is 4.97. The lowest BCUT2D eigenvalue weighted by Crippen LogP contribution is -2.28. The Morgan fingerprint density at radius 2 is 0.746 bits per heavy atom. The summed E-state index contributed by atoms with van der Waals surface area (Å²) in [7, 11) is 3.36. The summed E-state index contributed by atoms with van der Waals surface area (Å²) in [5.74, 6) is 1.97. The average molecular weight is 904 g/mol. The molecule has 0 saturated heterocycles. The zero-order chi connectivity index (χ0) is 47.3. The molecule has 0 radical (unpaired) electrons. The van der Waals surface area contributed by atoms with E-state index < -0.39 is 16.8 Å². The number of rotatable bonds is 9. The van der Waals surface area contributed by atoms with Gasteiger partial charge in [-0.2, -0.15) is 0 Å². The highest BCUT2D eigenvalue weighted by Crippen LogP contribution is 2.57. The Hall–Kier alpha value is -7.67. The number of carbonyl (C=O) groups excluding carboxylic acids is 2. The van der Waals surface area contributed by atoms with Crippen LogP contribution in [-0.2, 0) is 20.4 Å². The molecule has 0 unspecified atom stereocenters. The van der Waals surface area contributed by atoms with Crippen LogP contribution in [0, 0.1) is 5.92 Å². The molecule has 0 fully saturated rings. The molecule has 8 aromatic carbocycles. The molecule has 0 spiro atoms. The summed E-state index contributed by atoms with van der Waals surface area (Å²) in [6, 6.07) is 66.3. The Balaban J connectivity index is 0.000000164. The number of hydrogen-bond acceptors (Lipinski definition) is 6. The van der Waals surface area contributed by atoms with Crippen molar-refractivity contribution in [3.63, 3.8) is 0 Å². The van der Waals surface area contributed by atoms with E-state index in [0.717, 1.165) is 28.2 Å². The fourth-order valence-electron chi connectivity index (χ4n) is 9.41. The summed E-state index contributed by atoms with van der Waals surface area (Å²) < 4.78 is 16.3. The molecule has 10 rings (SSSR count). The van der Waals surface area contributed by atoms with Crippen LogP contribution in [0.4, 0.5) is 0 Å². The number of hydrogen-bond donors (Lipinski definition) is 1. The van der Waals surface area contributed by atoms with E-state index in [1.165, 1.54) is 50.1 Å². The lowest BCUT2D eigenvalue weighted by Gasteiger charge is -2.34. The van der Waals surface area contributed by atoms with Crippen LogP contribution < -0.4 is 14.2 Å². The van der Waals surface area contributed by atoms with Gasteiger partial charge in [-0.25, -0.2) is 4.79 Å². The Kier molecular flexibility index (Phi) is 13.3. The number of methoxy groups -OCH3 is 2. The highest BCUT2D eigenvalue weighted by atomic mass is 35.5. The van der Waals surface area contributed by atoms with Gasteiger partial charge in [-0.3, -0.25) is 4.79 Å². The van der Waals surface area contributed by atoms with Crippen LogP contribution >= 0.6 is 11.6 Å². The highest BCUT2D eigenvalue weighted by Gasteiger charge is 2.47.